The molecule has 2 heterocycles. The Kier molecular flexibility index (Phi) is 3.52. The van der Waals surface area contributed by atoms with E-state index in [4.69, 9.17) is 5.26 Å². The van der Waals surface area contributed by atoms with Gasteiger partial charge in [0.1, 0.15) is 0 Å². The van der Waals surface area contributed by atoms with Crippen molar-refractivity contribution in [1.82, 2.24) is 14.7 Å². The van der Waals surface area contributed by atoms with Gasteiger partial charge in [0.15, 0.2) is 0 Å². The molecule has 0 spiro atoms. The predicted molar refractivity (Wildman–Crippen MR) is 81.6 cm³/mol. The van der Waals surface area contributed by atoms with Crippen LogP contribution >= 0.6 is 0 Å². The third kappa shape index (κ3) is 2.84. The third-order valence-corrected chi connectivity index (χ3v) is 4.20. The monoisotopic (exact) mass is 280 g/mol. The maximum Gasteiger partial charge on any atom is 0.0773 e. The summed E-state index contributed by atoms with van der Waals surface area (Å²) >= 11 is 0. The molecule has 4 heteroatoms. The molecule has 0 atom stereocenters. The highest BCUT2D eigenvalue weighted by Crippen LogP contribution is 2.25. The van der Waals surface area contributed by atoms with E-state index in [1.54, 1.807) is 0 Å². The second-order valence-corrected chi connectivity index (χ2v) is 6.27. The van der Waals surface area contributed by atoms with Gasteiger partial charge in [-0.05, 0) is 31.0 Å². The second-order valence-electron chi connectivity index (χ2n) is 6.27. The molecule has 0 radical (unpaired) electrons. The van der Waals surface area contributed by atoms with Gasteiger partial charge in [-0.3, -0.25) is 9.58 Å². The van der Waals surface area contributed by atoms with Gasteiger partial charge in [0.25, 0.3) is 0 Å². The summed E-state index contributed by atoms with van der Waals surface area (Å²) in [5.74, 6) is 0. The SMILES string of the molecule is CC(C)(C#N)c1ccc(CN2CC(n3cccn3)C2)cc1. The number of nitrogens with zero attached hydrogens (tertiary/aromatic N) is 4. The largest absolute Gasteiger partial charge is 0.295 e. The van der Waals surface area contributed by atoms with E-state index in [0.717, 1.165) is 25.2 Å². The minimum absolute atomic E-state index is 0.416. The van der Waals surface area contributed by atoms with Crippen LogP contribution in [-0.2, 0) is 12.0 Å². The number of nitriles is 1. The van der Waals surface area contributed by atoms with Crippen molar-refractivity contribution in [2.24, 2.45) is 0 Å². The lowest BCUT2D eigenvalue weighted by molar-refractivity contribution is 0.0909. The summed E-state index contributed by atoms with van der Waals surface area (Å²) < 4.78 is 2.04. The summed E-state index contributed by atoms with van der Waals surface area (Å²) in [7, 11) is 0. The topological polar surface area (TPSA) is 44.9 Å². The standard InChI is InChI=1S/C17H20N4/c1-17(2,13-18)15-6-4-14(5-7-15)10-20-11-16(12-20)21-9-3-8-19-21/h3-9,16H,10-12H2,1-2H3. The zero-order valence-corrected chi connectivity index (χ0v) is 12.5. The molecule has 2 aromatic rings. The van der Waals surface area contributed by atoms with Gasteiger partial charge in [0.05, 0.1) is 17.5 Å². The van der Waals surface area contributed by atoms with Gasteiger partial charge in [0, 0.05) is 32.0 Å². The maximum absolute atomic E-state index is 9.16. The Hall–Kier alpha value is -2.12. The van der Waals surface area contributed by atoms with Crippen LogP contribution in [0.4, 0.5) is 0 Å². The quantitative estimate of drug-likeness (QED) is 0.865. The second kappa shape index (κ2) is 5.34. The number of hydrogen-bond donors (Lipinski definition) is 0. The Morgan fingerprint density at radius 1 is 1.29 bits per heavy atom. The first-order valence-corrected chi connectivity index (χ1v) is 7.30. The molecule has 0 aliphatic carbocycles. The molecule has 0 N–H and O–H groups in total. The van der Waals surface area contributed by atoms with E-state index in [2.05, 4.69) is 40.3 Å². The fraction of sp³-hybridized carbons (Fsp3) is 0.412. The summed E-state index contributed by atoms with van der Waals surface area (Å²) in [4.78, 5) is 2.41. The molecular formula is C17H20N4. The van der Waals surface area contributed by atoms with Crippen molar-refractivity contribution < 1.29 is 0 Å². The molecule has 1 saturated heterocycles. The van der Waals surface area contributed by atoms with Crippen molar-refractivity contribution in [3.8, 4) is 6.07 Å². The average molecular weight is 280 g/mol. The van der Waals surface area contributed by atoms with Gasteiger partial charge < -0.3 is 0 Å². The molecule has 0 unspecified atom stereocenters. The Balaban J connectivity index is 1.57. The molecule has 4 nitrogen and oxygen atoms in total. The Labute approximate surface area is 125 Å². The lowest BCUT2D eigenvalue weighted by atomic mass is 9.86. The fourth-order valence-corrected chi connectivity index (χ4v) is 2.69. The van der Waals surface area contributed by atoms with Crippen molar-refractivity contribution in [2.45, 2.75) is 31.8 Å². The van der Waals surface area contributed by atoms with Crippen molar-refractivity contribution in [3.05, 3.63) is 53.9 Å². The molecule has 0 amide bonds. The number of rotatable bonds is 4. The van der Waals surface area contributed by atoms with E-state index in [0.29, 0.717) is 6.04 Å². The third-order valence-electron chi connectivity index (χ3n) is 4.20. The highest BCUT2D eigenvalue weighted by atomic mass is 15.4. The summed E-state index contributed by atoms with van der Waals surface area (Å²) in [6.45, 7) is 6.96. The molecular weight excluding hydrogens is 260 g/mol. The van der Waals surface area contributed by atoms with Crippen molar-refractivity contribution in [3.63, 3.8) is 0 Å². The normalized spacial score (nSPS) is 16.4. The molecule has 0 bridgehead atoms. The number of hydrogen-bond acceptors (Lipinski definition) is 3. The molecule has 1 aromatic heterocycles. The van der Waals surface area contributed by atoms with E-state index < -0.39 is 5.41 Å². The maximum atomic E-state index is 9.16. The van der Waals surface area contributed by atoms with Gasteiger partial charge in [0.2, 0.25) is 0 Å². The van der Waals surface area contributed by atoms with Gasteiger partial charge in [-0.1, -0.05) is 24.3 Å². The Morgan fingerprint density at radius 3 is 2.57 bits per heavy atom. The predicted octanol–water partition coefficient (Wildman–Crippen LogP) is 2.74. The zero-order chi connectivity index (χ0) is 14.9. The van der Waals surface area contributed by atoms with E-state index in [9.17, 15) is 0 Å². The Bertz CT molecular complexity index is 628. The number of benzene rings is 1. The molecule has 1 fully saturated rings. The van der Waals surface area contributed by atoms with Crippen LogP contribution in [0.2, 0.25) is 0 Å². The smallest absolute Gasteiger partial charge is 0.0773 e. The highest BCUT2D eigenvalue weighted by Gasteiger charge is 2.28. The van der Waals surface area contributed by atoms with Crippen molar-refractivity contribution in [1.29, 1.82) is 5.26 Å². The van der Waals surface area contributed by atoms with Crippen LogP contribution < -0.4 is 0 Å². The molecule has 21 heavy (non-hydrogen) atoms. The van der Waals surface area contributed by atoms with Crippen LogP contribution in [0.25, 0.3) is 0 Å². The van der Waals surface area contributed by atoms with E-state index in [1.165, 1.54) is 5.56 Å². The van der Waals surface area contributed by atoms with Crippen LogP contribution in [0.1, 0.15) is 31.0 Å². The zero-order valence-electron chi connectivity index (χ0n) is 12.5. The van der Waals surface area contributed by atoms with E-state index in [-0.39, 0.29) is 0 Å². The first-order chi connectivity index (χ1) is 10.1. The van der Waals surface area contributed by atoms with Gasteiger partial charge in [-0.15, -0.1) is 0 Å². The van der Waals surface area contributed by atoms with Crippen LogP contribution in [0.15, 0.2) is 42.7 Å². The highest BCUT2D eigenvalue weighted by molar-refractivity contribution is 5.32. The van der Waals surface area contributed by atoms with E-state index in [1.807, 2.05) is 37.0 Å². The molecule has 1 aromatic carbocycles. The lowest BCUT2D eigenvalue weighted by Crippen LogP contribution is -2.47. The number of aromatic nitrogens is 2. The van der Waals surface area contributed by atoms with Crippen molar-refractivity contribution >= 4 is 0 Å². The minimum Gasteiger partial charge on any atom is -0.295 e. The van der Waals surface area contributed by atoms with Gasteiger partial charge >= 0.3 is 0 Å². The molecule has 1 aliphatic rings. The molecule has 0 saturated carbocycles. The Morgan fingerprint density at radius 2 is 2.00 bits per heavy atom. The van der Waals surface area contributed by atoms with E-state index >= 15 is 0 Å². The minimum atomic E-state index is -0.416. The lowest BCUT2D eigenvalue weighted by Gasteiger charge is -2.39. The molecule has 1 aliphatic heterocycles. The number of likely N-dealkylation sites (tertiary alicyclic amines) is 1. The fourth-order valence-electron chi connectivity index (χ4n) is 2.69. The summed E-state index contributed by atoms with van der Waals surface area (Å²) in [6, 6.07) is 13.2. The first kappa shape index (κ1) is 13.8. The summed E-state index contributed by atoms with van der Waals surface area (Å²) in [5.41, 5.74) is 1.96. The van der Waals surface area contributed by atoms with Crippen LogP contribution in [0.5, 0.6) is 0 Å². The first-order valence-electron chi connectivity index (χ1n) is 7.30. The molecule has 108 valence electrons. The summed E-state index contributed by atoms with van der Waals surface area (Å²) in [6.07, 6.45) is 3.86. The average Bonchev–Trinajstić information content (AvgIpc) is 2.96. The van der Waals surface area contributed by atoms with Gasteiger partial charge in [-0.2, -0.15) is 10.4 Å². The van der Waals surface area contributed by atoms with Crippen LogP contribution in [-0.4, -0.2) is 27.8 Å². The van der Waals surface area contributed by atoms with Crippen LogP contribution in [0.3, 0.4) is 0 Å². The van der Waals surface area contributed by atoms with Crippen molar-refractivity contribution in [2.75, 3.05) is 13.1 Å². The summed E-state index contributed by atoms with van der Waals surface area (Å²) in [5, 5.41) is 13.4. The van der Waals surface area contributed by atoms with Crippen LogP contribution in [0, 0.1) is 11.3 Å². The van der Waals surface area contributed by atoms with Gasteiger partial charge in [-0.25, -0.2) is 0 Å². The molecule has 3 rings (SSSR count).